The Labute approximate surface area is 122 Å². The Morgan fingerprint density at radius 1 is 1.30 bits per heavy atom. The molecule has 116 valence electrons. The zero-order valence-corrected chi connectivity index (χ0v) is 12.8. The Morgan fingerprint density at radius 3 is 2.70 bits per heavy atom. The molecule has 2 saturated heterocycles. The van der Waals surface area contributed by atoms with Gasteiger partial charge in [0.2, 0.25) is 5.91 Å². The maximum absolute atomic E-state index is 11.5. The summed E-state index contributed by atoms with van der Waals surface area (Å²) in [7, 11) is 0. The molecule has 2 fully saturated rings. The lowest BCUT2D eigenvalue weighted by Crippen LogP contribution is -2.49. The van der Waals surface area contributed by atoms with Crippen LogP contribution in [0.5, 0.6) is 0 Å². The number of amides is 1. The van der Waals surface area contributed by atoms with Gasteiger partial charge in [-0.3, -0.25) is 14.6 Å². The summed E-state index contributed by atoms with van der Waals surface area (Å²) in [5.74, 6) is -0.222. The van der Waals surface area contributed by atoms with E-state index in [-0.39, 0.29) is 11.9 Å². The highest BCUT2D eigenvalue weighted by molar-refractivity contribution is 5.80. The van der Waals surface area contributed by atoms with Crippen LogP contribution in [-0.4, -0.2) is 67.1 Å². The second-order valence-corrected chi connectivity index (χ2v) is 6.21. The molecule has 2 unspecified atom stereocenters. The van der Waals surface area contributed by atoms with Gasteiger partial charge in [0.25, 0.3) is 0 Å². The number of carbonyl (C=O) groups is 1. The number of nitrogens with two attached hydrogens (primary N) is 1. The summed E-state index contributed by atoms with van der Waals surface area (Å²) in [4.78, 5) is 16.5. The normalized spacial score (nSPS) is 26.8. The van der Waals surface area contributed by atoms with Gasteiger partial charge in [0, 0.05) is 19.1 Å². The van der Waals surface area contributed by atoms with E-state index in [9.17, 15) is 4.79 Å². The van der Waals surface area contributed by atoms with Gasteiger partial charge >= 0.3 is 0 Å². The summed E-state index contributed by atoms with van der Waals surface area (Å²) in [5.41, 5.74) is 5.49. The van der Waals surface area contributed by atoms with Crippen LogP contribution in [0.4, 0.5) is 0 Å². The van der Waals surface area contributed by atoms with E-state index in [1.807, 2.05) is 0 Å². The predicted octanol–water partition coefficient (Wildman–Crippen LogP) is 0.400. The standard InChI is InChI=1S/C15H30N4O/c1-2-7-17-14(15(16)20)12-18-10-6-13(11-18)19-8-4-3-5-9-19/h13-14,17H,2-12H2,1H3,(H2,16,20). The van der Waals surface area contributed by atoms with Crippen LogP contribution in [0.1, 0.15) is 39.0 Å². The van der Waals surface area contributed by atoms with Crippen molar-refractivity contribution < 1.29 is 4.79 Å². The molecule has 2 aliphatic heterocycles. The molecular formula is C15H30N4O. The molecule has 3 N–H and O–H groups in total. The molecule has 0 aromatic heterocycles. The van der Waals surface area contributed by atoms with Crippen LogP contribution < -0.4 is 11.1 Å². The van der Waals surface area contributed by atoms with E-state index in [1.165, 1.54) is 38.8 Å². The van der Waals surface area contributed by atoms with Crippen molar-refractivity contribution in [1.82, 2.24) is 15.1 Å². The molecule has 2 atom stereocenters. The number of hydrogen-bond donors (Lipinski definition) is 2. The van der Waals surface area contributed by atoms with Crippen molar-refractivity contribution in [1.29, 1.82) is 0 Å². The van der Waals surface area contributed by atoms with E-state index in [1.54, 1.807) is 0 Å². The number of likely N-dealkylation sites (tertiary alicyclic amines) is 2. The van der Waals surface area contributed by atoms with Crippen molar-refractivity contribution in [2.75, 3.05) is 39.3 Å². The molecule has 0 radical (unpaired) electrons. The third-order valence-electron chi connectivity index (χ3n) is 4.58. The molecule has 5 heteroatoms. The number of piperidine rings is 1. The number of hydrogen-bond acceptors (Lipinski definition) is 4. The summed E-state index contributed by atoms with van der Waals surface area (Å²) in [6.07, 6.45) is 6.34. The van der Waals surface area contributed by atoms with Crippen molar-refractivity contribution in [3.05, 3.63) is 0 Å². The molecule has 2 heterocycles. The van der Waals surface area contributed by atoms with Crippen molar-refractivity contribution >= 4 is 5.91 Å². The fraction of sp³-hybridized carbons (Fsp3) is 0.933. The van der Waals surface area contributed by atoms with Gasteiger partial charge in [-0.05, 0) is 51.9 Å². The first-order valence-electron chi connectivity index (χ1n) is 8.19. The maximum Gasteiger partial charge on any atom is 0.235 e. The molecular weight excluding hydrogens is 252 g/mol. The summed E-state index contributed by atoms with van der Waals surface area (Å²) in [6.45, 7) is 8.43. The van der Waals surface area contributed by atoms with E-state index >= 15 is 0 Å². The Hall–Kier alpha value is -0.650. The van der Waals surface area contributed by atoms with Crippen LogP contribution in [0.15, 0.2) is 0 Å². The zero-order chi connectivity index (χ0) is 14.4. The molecule has 2 aliphatic rings. The Morgan fingerprint density at radius 2 is 2.05 bits per heavy atom. The van der Waals surface area contributed by atoms with E-state index < -0.39 is 0 Å². The first-order chi connectivity index (χ1) is 9.70. The SMILES string of the molecule is CCCNC(CN1CCC(N2CCCCC2)C1)C(N)=O. The minimum Gasteiger partial charge on any atom is -0.368 e. The largest absolute Gasteiger partial charge is 0.368 e. The summed E-state index contributed by atoms with van der Waals surface area (Å²) >= 11 is 0. The van der Waals surface area contributed by atoms with Crippen LogP contribution in [-0.2, 0) is 4.79 Å². The number of carbonyl (C=O) groups excluding carboxylic acids is 1. The van der Waals surface area contributed by atoms with E-state index in [2.05, 4.69) is 22.0 Å². The van der Waals surface area contributed by atoms with Gasteiger partial charge in [-0.2, -0.15) is 0 Å². The van der Waals surface area contributed by atoms with Gasteiger partial charge in [0.1, 0.15) is 0 Å². The van der Waals surface area contributed by atoms with E-state index in [0.29, 0.717) is 6.04 Å². The molecule has 0 spiro atoms. The number of nitrogens with one attached hydrogen (secondary N) is 1. The second-order valence-electron chi connectivity index (χ2n) is 6.21. The third kappa shape index (κ3) is 4.43. The number of nitrogens with zero attached hydrogens (tertiary/aromatic N) is 2. The minimum absolute atomic E-state index is 0.199. The lowest BCUT2D eigenvalue weighted by Gasteiger charge is -2.32. The first kappa shape index (κ1) is 15.7. The molecule has 5 nitrogen and oxygen atoms in total. The van der Waals surface area contributed by atoms with Crippen molar-refractivity contribution in [2.24, 2.45) is 5.73 Å². The number of primary amides is 1. The van der Waals surface area contributed by atoms with Gasteiger partial charge < -0.3 is 11.1 Å². The van der Waals surface area contributed by atoms with Gasteiger partial charge in [-0.25, -0.2) is 0 Å². The third-order valence-corrected chi connectivity index (χ3v) is 4.58. The van der Waals surface area contributed by atoms with Crippen molar-refractivity contribution in [3.8, 4) is 0 Å². The fourth-order valence-electron chi connectivity index (χ4n) is 3.39. The first-order valence-corrected chi connectivity index (χ1v) is 8.19. The van der Waals surface area contributed by atoms with Crippen molar-refractivity contribution in [3.63, 3.8) is 0 Å². The van der Waals surface area contributed by atoms with Crippen LogP contribution in [0.2, 0.25) is 0 Å². The molecule has 0 aliphatic carbocycles. The van der Waals surface area contributed by atoms with E-state index in [0.717, 1.165) is 32.6 Å². The van der Waals surface area contributed by atoms with E-state index in [4.69, 9.17) is 5.73 Å². The smallest absolute Gasteiger partial charge is 0.235 e. The Kier molecular flexibility index (Phi) is 6.26. The molecule has 0 aromatic carbocycles. The van der Waals surface area contributed by atoms with Crippen LogP contribution >= 0.6 is 0 Å². The highest BCUT2D eigenvalue weighted by atomic mass is 16.1. The van der Waals surface area contributed by atoms with Gasteiger partial charge in [-0.15, -0.1) is 0 Å². The zero-order valence-electron chi connectivity index (χ0n) is 12.8. The van der Waals surface area contributed by atoms with Gasteiger partial charge in [-0.1, -0.05) is 13.3 Å². The lowest BCUT2D eigenvalue weighted by atomic mass is 10.1. The quantitative estimate of drug-likeness (QED) is 0.709. The summed E-state index contributed by atoms with van der Waals surface area (Å²) in [5, 5.41) is 3.26. The Bertz CT molecular complexity index is 304. The monoisotopic (exact) mass is 282 g/mol. The van der Waals surface area contributed by atoms with Gasteiger partial charge in [0.05, 0.1) is 6.04 Å². The molecule has 0 saturated carbocycles. The fourth-order valence-corrected chi connectivity index (χ4v) is 3.39. The molecule has 2 rings (SSSR count). The van der Waals surface area contributed by atoms with Crippen LogP contribution in [0.3, 0.4) is 0 Å². The summed E-state index contributed by atoms with van der Waals surface area (Å²) in [6, 6.07) is 0.491. The topological polar surface area (TPSA) is 61.6 Å². The average Bonchev–Trinajstić information content (AvgIpc) is 2.92. The molecule has 0 bridgehead atoms. The predicted molar refractivity (Wildman–Crippen MR) is 81.5 cm³/mol. The second kappa shape index (κ2) is 7.96. The average molecular weight is 282 g/mol. The molecule has 0 aromatic rings. The number of rotatable bonds is 7. The highest BCUT2D eigenvalue weighted by Gasteiger charge is 2.30. The molecule has 20 heavy (non-hydrogen) atoms. The summed E-state index contributed by atoms with van der Waals surface area (Å²) < 4.78 is 0. The van der Waals surface area contributed by atoms with Gasteiger partial charge in [0.15, 0.2) is 0 Å². The molecule has 1 amide bonds. The highest BCUT2D eigenvalue weighted by Crippen LogP contribution is 2.20. The van der Waals surface area contributed by atoms with Crippen molar-refractivity contribution in [2.45, 2.75) is 51.1 Å². The minimum atomic E-state index is -0.222. The Balaban J connectivity index is 1.77. The maximum atomic E-state index is 11.5. The lowest BCUT2D eigenvalue weighted by molar-refractivity contribution is -0.120. The van der Waals surface area contributed by atoms with Crippen LogP contribution in [0, 0.1) is 0 Å². The van der Waals surface area contributed by atoms with Crippen LogP contribution in [0.25, 0.3) is 0 Å².